The predicted molar refractivity (Wildman–Crippen MR) is 80.8 cm³/mol. The van der Waals surface area contributed by atoms with E-state index in [9.17, 15) is 9.59 Å². The number of hydrogen-bond acceptors (Lipinski definition) is 5. The Morgan fingerprint density at radius 2 is 2.17 bits per heavy atom. The monoisotopic (exact) mass is 313 g/mol. The summed E-state index contributed by atoms with van der Waals surface area (Å²) >= 11 is 0. The summed E-state index contributed by atoms with van der Waals surface area (Å²) in [6.07, 6.45) is 5.21. The van der Waals surface area contributed by atoms with E-state index in [4.69, 9.17) is 5.73 Å². The van der Waals surface area contributed by atoms with Gasteiger partial charge in [0.25, 0.3) is 11.8 Å². The van der Waals surface area contributed by atoms with E-state index < -0.39 is 5.91 Å². The first-order valence-corrected chi connectivity index (χ1v) is 6.95. The highest BCUT2D eigenvalue weighted by Gasteiger charge is 2.16. The van der Waals surface area contributed by atoms with Crippen LogP contribution in [0.5, 0.6) is 0 Å². The molecular weight excluding hydrogens is 298 g/mol. The summed E-state index contributed by atoms with van der Waals surface area (Å²) < 4.78 is 3.01. The minimum atomic E-state index is -0.639. The summed E-state index contributed by atoms with van der Waals surface area (Å²) in [5.74, 6) is -0.951. The SMILES string of the molecule is Cn1ccc(CCNC(=O)c2ccnc3c(C(N)=O)cnn23)n1. The molecule has 3 aromatic rings. The number of rotatable bonds is 5. The molecule has 2 amide bonds. The average Bonchev–Trinajstić information content (AvgIpc) is 3.12. The van der Waals surface area contributed by atoms with E-state index in [1.165, 1.54) is 23.0 Å². The first kappa shape index (κ1) is 14.7. The van der Waals surface area contributed by atoms with Crippen LogP contribution in [0.2, 0.25) is 0 Å². The van der Waals surface area contributed by atoms with Gasteiger partial charge >= 0.3 is 0 Å². The van der Waals surface area contributed by atoms with Gasteiger partial charge in [0.05, 0.1) is 11.9 Å². The van der Waals surface area contributed by atoms with Gasteiger partial charge in [0.1, 0.15) is 11.3 Å². The van der Waals surface area contributed by atoms with Crippen LogP contribution in [0.4, 0.5) is 0 Å². The molecule has 0 saturated heterocycles. The van der Waals surface area contributed by atoms with E-state index in [0.717, 1.165) is 5.69 Å². The van der Waals surface area contributed by atoms with Crippen LogP contribution in [-0.2, 0) is 13.5 Å². The lowest BCUT2D eigenvalue weighted by Gasteiger charge is -2.06. The minimum Gasteiger partial charge on any atom is -0.365 e. The number of amides is 2. The van der Waals surface area contributed by atoms with Gasteiger partial charge in [-0.3, -0.25) is 14.3 Å². The second kappa shape index (κ2) is 5.87. The zero-order valence-corrected chi connectivity index (χ0v) is 12.4. The Morgan fingerprint density at radius 1 is 1.35 bits per heavy atom. The van der Waals surface area contributed by atoms with Crippen LogP contribution >= 0.6 is 0 Å². The van der Waals surface area contributed by atoms with Crippen molar-refractivity contribution in [1.82, 2.24) is 29.7 Å². The molecule has 0 bridgehead atoms. The topological polar surface area (TPSA) is 120 Å². The quantitative estimate of drug-likeness (QED) is 0.660. The van der Waals surface area contributed by atoms with Gasteiger partial charge in [-0.1, -0.05) is 0 Å². The van der Waals surface area contributed by atoms with Gasteiger partial charge in [-0.15, -0.1) is 0 Å². The molecule has 0 aromatic carbocycles. The molecule has 9 nitrogen and oxygen atoms in total. The fraction of sp³-hybridized carbons (Fsp3) is 0.214. The highest BCUT2D eigenvalue weighted by atomic mass is 16.2. The average molecular weight is 313 g/mol. The standard InChI is InChI=1S/C14H15N7O2/c1-20-7-4-9(19-20)2-5-17-14(23)11-3-6-16-13-10(12(15)22)8-18-21(11)13/h3-4,6-8H,2,5H2,1H3,(H2,15,22)(H,17,23). The molecule has 23 heavy (non-hydrogen) atoms. The molecule has 3 aromatic heterocycles. The molecule has 0 aliphatic heterocycles. The Morgan fingerprint density at radius 3 is 2.87 bits per heavy atom. The number of aryl methyl sites for hydroxylation is 1. The molecule has 0 aliphatic rings. The summed E-state index contributed by atoms with van der Waals surface area (Å²) in [6, 6.07) is 3.42. The van der Waals surface area contributed by atoms with Crippen LogP contribution in [0.15, 0.2) is 30.7 Å². The van der Waals surface area contributed by atoms with Crippen molar-refractivity contribution in [2.24, 2.45) is 12.8 Å². The minimum absolute atomic E-state index is 0.174. The normalized spacial score (nSPS) is 10.8. The Balaban J connectivity index is 1.74. The third-order valence-corrected chi connectivity index (χ3v) is 3.33. The third-order valence-electron chi connectivity index (χ3n) is 3.33. The van der Waals surface area contributed by atoms with Gasteiger partial charge in [0.2, 0.25) is 0 Å². The lowest BCUT2D eigenvalue weighted by molar-refractivity contribution is 0.0944. The van der Waals surface area contributed by atoms with Gasteiger partial charge in [-0.2, -0.15) is 10.2 Å². The molecule has 118 valence electrons. The molecule has 0 fully saturated rings. The van der Waals surface area contributed by atoms with E-state index in [0.29, 0.717) is 13.0 Å². The molecule has 3 N–H and O–H groups in total. The van der Waals surface area contributed by atoms with Crippen LogP contribution < -0.4 is 11.1 Å². The molecule has 0 saturated carbocycles. The summed E-state index contributed by atoms with van der Waals surface area (Å²) in [4.78, 5) is 27.6. The molecule has 9 heteroatoms. The highest BCUT2D eigenvalue weighted by molar-refractivity contribution is 5.99. The van der Waals surface area contributed by atoms with E-state index in [2.05, 4.69) is 20.5 Å². The third kappa shape index (κ3) is 2.89. The number of primary amides is 1. The maximum atomic E-state index is 12.3. The van der Waals surface area contributed by atoms with E-state index >= 15 is 0 Å². The van der Waals surface area contributed by atoms with Crippen molar-refractivity contribution >= 4 is 17.5 Å². The van der Waals surface area contributed by atoms with Crippen molar-refractivity contribution in [3.63, 3.8) is 0 Å². The lowest BCUT2D eigenvalue weighted by atomic mass is 10.3. The first-order valence-electron chi connectivity index (χ1n) is 6.95. The molecule has 0 radical (unpaired) electrons. The summed E-state index contributed by atoms with van der Waals surface area (Å²) in [5, 5.41) is 11.0. The van der Waals surface area contributed by atoms with Crippen LogP contribution in [0, 0.1) is 0 Å². The predicted octanol–water partition coefficient (Wildman–Crippen LogP) is -0.466. The van der Waals surface area contributed by atoms with Crippen molar-refractivity contribution in [3.8, 4) is 0 Å². The number of nitrogens with two attached hydrogens (primary N) is 1. The number of nitrogens with zero attached hydrogens (tertiary/aromatic N) is 5. The van der Waals surface area contributed by atoms with E-state index in [1.54, 1.807) is 4.68 Å². The fourth-order valence-electron chi connectivity index (χ4n) is 2.23. The Hall–Kier alpha value is -3.23. The number of nitrogens with one attached hydrogen (secondary N) is 1. The maximum Gasteiger partial charge on any atom is 0.270 e. The lowest BCUT2D eigenvalue weighted by Crippen LogP contribution is -2.28. The van der Waals surface area contributed by atoms with Crippen LogP contribution in [0.25, 0.3) is 5.65 Å². The van der Waals surface area contributed by atoms with Gasteiger partial charge in [0, 0.05) is 32.4 Å². The Labute approximate surface area is 131 Å². The summed E-state index contributed by atoms with van der Waals surface area (Å²) in [6.45, 7) is 0.434. The number of hydrogen-bond donors (Lipinski definition) is 2. The molecule has 0 spiro atoms. The van der Waals surface area contributed by atoms with Crippen molar-refractivity contribution in [2.75, 3.05) is 6.54 Å². The molecule has 0 unspecified atom stereocenters. The summed E-state index contributed by atoms with van der Waals surface area (Å²) in [7, 11) is 1.84. The van der Waals surface area contributed by atoms with Crippen molar-refractivity contribution in [1.29, 1.82) is 0 Å². The molecule has 0 atom stereocenters. The first-order chi connectivity index (χ1) is 11.1. The van der Waals surface area contributed by atoms with Crippen molar-refractivity contribution < 1.29 is 9.59 Å². The van der Waals surface area contributed by atoms with Crippen LogP contribution in [0.1, 0.15) is 26.5 Å². The Bertz CT molecular complexity index is 880. The molecule has 3 heterocycles. The number of fused-ring (bicyclic) bond motifs is 1. The number of carbonyl (C=O) groups excluding carboxylic acids is 2. The van der Waals surface area contributed by atoms with Crippen molar-refractivity contribution in [2.45, 2.75) is 6.42 Å². The smallest absolute Gasteiger partial charge is 0.270 e. The molecular formula is C14H15N7O2. The largest absolute Gasteiger partial charge is 0.365 e. The summed E-state index contributed by atoms with van der Waals surface area (Å²) in [5.41, 5.74) is 6.86. The zero-order valence-electron chi connectivity index (χ0n) is 12.4. The zero-order chi connectivity index (χ0) is 16.4. The maximum absolute atomic E-state index is 12.3. The second-order valence-electron chi connectivity index (χ2n) is 4.97. The highest BCUT2D eigenvalue weighted by Crippen LogP contribution is 2.09. The van der Waals surface area contributed by atoms with Gasteiger partial charge in [0.15, 0.2) is 5.65 Å². The van der Waals surface area contributed by atoms with Crippen LogP contribution in [-0.4, -0.2) is 42.7 Å². The fourth-order valence-corrected chi connectivity index (χ4v) is 2.23. The van der Waals surface area contributed by atoms with Gasteiger partial charge in [-0.05, 0) is 12.1 Å². The molecule has 0 aliphatic carbocycles. The molecule has 3 rings (SSSR count). The Kier molecular flexibility index (Phi) is 3.75. The van der Waals surface area contributed by atoms with Gasteiger partial charge < -0.3 is 11.1 Å². The number of aromatic nitrogens is 5. The number of carbonyl (C=O) groups is 2. The van der Waals surface area contributed by atoms with Gasteiger partial charge in [-0.25, -0.2) is 9.50 Å². The van der Waals surface area contributed by atoms with Crippen molar-refractivity contribution in [3.05, 3.63) is 47.7 Å². The second-order valence-corrected chi connectivity index (χ2v) is 4.97. The van der Waals surface area contributed by atoms with Crippen LogP contribution in [0.3, 0.4) is 0 Å². The van der Waals surface area contributed by atoms with E-state index in [-0.39, 0.29) is 22.8 Å². The van der Waals surface area contributed by atoms with E-state index in [1.807, 2.05) is 19.3 Å².